The average molecular weight is 374 g/mol. The lowest BCUT2D eigenvalue weighted by atomic mass is 10.2. The second kappa shape index (κ2) is 6.41. The summed E-state index contributed by atoms with van der Waals surface area (Å²) in [4.78, 5) is 0. The third-order valence-electron chi connectivity index (χ3n) is 2.45. The van der Waals surface area contributed by atoms with E-state index in [0.717, 1.165) is 23.6 Å². The maximum atomic E-state index is 6.19. The summed E-state index contributed by atoms with van der Waals surface area (Å²) in [5.74, 6) is 1.51. The van der Waals surface area contributed by atoms with Crippen LogP contribution in [0.2, 0.25) is 5.02 Å². The number of hydrogen-bond acceptors (Lipinski definition) is 2. The molecule has 0 aromatic heterocycles. The normalized spacial score (nSPS) is 10.4. The molecule has 2 aromatic rings. The number of hydrogen-bond donors (Lipinski definition) is 1. The summed E-state index contributed by atoms with van der Waals surface area (Å²) >= 11 is 8.45. The SMILES string of the molecule is CNCc1cccc(Cl)c1Oc1ccc(I)cc1. The fourth-order valence-electron chi connectivity index (χ4n) is 1.62. The van der Waals surface area contributed by atoms with Crippen molar-refractivity contribution in [2.75, 3.05) is 7.05 Å². The first-order valence-corrected chi connectivity index (χ1v) is 7.02. The van der Waals surface area contributed by atoms with Gasteiger partial charge in [0.1, 0.15) is 11.5 Å². The molecule has 18 heavy (non-hydrogen) atoms. The minimum absolute atomic E-state index is 0.626. The van der Waals surface area contributed by atoms with Crippen LogP contribution in [-0.2, 0) is 6.54 Å². The first-order valence-electron chi connectivity index (χ1n) is 5.56. The number of nitrogens with one attached hydrogen (secondary N) is 1. The molecule has 0 unspecified atom stereocenters. The van der Waals surface area contributed by atoms with E-state index in [1.165, 1.54) is 3.57 Å². The van der Waals surface area contributed by atoms with Crippen LogP contribution in [0.1, 0.15) is 5.56 Å². The molecule has 0 heterocycles. The highest BCUT2D eigenvalue weighted by Gasteiger charge is 2.08. The van der Waals surface area contributed by atoms with Gasteiger partial charge in [-0.1, -0.05) is 23.7 Å². The Kier molecular flexibility index (Phi) is 4.86. The van der Waals surface area contributed by atoms with Crippen LogP contribution in [0.15, 0.2) is 42.5 Å². The average Bonchev–Trinajstić information content (AvgIpc) is 2.36. The van der Waals surface area contributed by atoms with Gasteiger partial charge in [-0.05, 0) is 60.0 Å². The van der Waals surface area contributed by atoms with E-state index in [0.29, 0.717) is 5.02 Å². The van der Waals surface area contributed by atoms with Gasteiger partial charge in [0, 0.05) is 15.7 Å². The molecule has 2 rings (SSSR count). The predicted molar refractivity (Wildman–Crippen MR) is 83.4 cm³/mol. The van der Waals surface area contributed by atoms with Crippen LogP contribution in [-0.4, -0.2) is 7.05 Å². The number of benzene rings is 2. The molecule has 0 saturated carbocycles. The van der Waals surface area contributed by atoms with Crippen molar-refractivity contribution in [1.29, 1.82) is 0 Å². The lowest BCUT2D eigenvalue weighted by molar-refractivity contribution is 0.474. The number of ether oxygens (including phenoxy) is 1. The molecule has 2 nitrogen and oxygen atoms in total. The van der Waals surface area contributed by atoms with E-state index in [1.807, 2.05) is 49.5 Å². The molecule has 2 aromatic carbocycles. The van der Waals surface area contributed by atoms with Gasteiger partial charge in [-0.2, -0.15) is 0 Å². The van der Waals surface area contributed by atoms with Gasteiger partial charge in [-0.15, -0.1) is 0 Å². The summed E-state index contributed by atoms with van der Waals surface area (Å²) in [6.45, 7) is 0.722. The lowest BCUT2D eigenvalue weighted by Gasteiger charge is -2.12. The summed E-state index contributed by atoms with van der Waals surface area (Å²) in [7, 11) is 1.90. The van der Waals surface area contributed by atoms with Crippen LogP contribution in [0.5, 0.6) is 11.5 Å². The second-order valence-electron chi connectivity index (χ2n) is 3.81. The molecule has 0 aliphatic heterocycles. The van der Waals surface area contributed by atoms with Gasteiger partial charge in [0.25, 0.3) is 0 Å². The van der Waals surface area contributed by atoms with Crippen molar-refractivity contribution in [3.63, 3.8) is 0 Å². The van der Waals surface area contributed by atoms with Gasteiger partial charge in [-0.25, -0.2) is 0 Å². The minimum atomic E-state index is 0.626. The van der Waals surface area contributed by atoms with Crippen molar-refractivity contribution in [2.45, 2.75) is 6.54 Å². The fourth-order valence-corrected chi connectivity index (χ4v) is 2.21. The van der Waals surface area contributed by atoms with Crippen molar-refractivity contribution in [3.8, 4) is 11.5 Å². The van der Waals surface area contributed by atoms with Gasteiger partial charge in [0.15, 0.2) is 0 Å². The molecule has 94 valence electrons. The summed E-state index contributed by atoms with van der Waals surface area (Å²) in [5.41, 5.74) is 1.04. The quantitative estimate of drug-likeness (QED) is 0.799. The number of para-hydroxylation sites is 1. The Morgan fingerprint density at radius 1 is 1.17 bits per heavy atom. The maximum Gasteiger partial charge on any atom is 0.150 e. The van der Waals surface area contributed by atoms with Gasteiger partial charge in [0.05, 0.1) is 5.02 Å². The number of rotatable bonds is 4. The van der Waals surface area contributed by atoms with Crippen LogP contribution in [0, 0.1) is 3.57 Å². The monoisotopic (exact) mass is 373 g/mol. The third kappa shape index (κ3) is 3.37. The maximum absolute atomic E-state index is 6.19. The Morgan fingerprint density at radius 2 is 1.89 bits per heavy atom. The van der Waals surface area contributed by atoms with Crippen LogP contribution in [0.25, 0.3) is 0 Å². The smallest absolute Gasteiger partial charge is 0.150 e. The molecule has 0 spiro atoms. The molecule has 4 heteroatoms. The van der Waals surface area contributed by atoms with Crippen molar-refractivity contribution in [2.24, 2.45) is 0 Å². The van der Waals surface area contributed by atoms with E-state index in [-0.39, 0.29) is 0 Å². The highest BCUT2D eigenvalue weighted by atomic mass is 127. The Morgan fingerprint density at radius 3 is 2.56 bits per heavy atom. The zero-order chi connectivity index (χ0) is 13.0. The van der Waals surface area contributed by atoms with Gasteiger partial charge in [0.2, 0.25) is 0 Å². The van der Waals surface area contributed by atoms with Crippen LogP contribution in [0.3, 0.4) is 0 Å². The molecule has 0 saturated heterocycles. The molecule has 0 bridgehead atoms. The van der Waals surface area contributed by atoms with E-state index in [1.54, 1.807) is 0 Å². The van der Waals surface area contributed by atoms with Crippen molar-refractivity contribution < 1.29 is 4.74 Å². The molecule has 0 atom stereocenters. The van der Waals surface area contributed by atoms with E-state index in [2.05, 4.69) is 27.9 Å². The van der Waals surface area contributed by atoms with Crippen LogP contribution >= 0.6 is 34.2 Å². The summed E-state index contributed by atoms with van der Waals surface area (Å²) in [6.07, 6.45) is 0. The van der Waals surface area contributed by atoms with E-state index in [4.69, 9.17) is 16.3 Å². The topological polar surface area (TPSA) is 21.3 Å². The van der Waals surface area contributed by atoms with Crippen LogP contribution in [0.4, 0.5) is 0 Å². The fraction of sp³-hybridized carbons (Fsp3) is 0.143. The van der Waals surface area contributed by atoms with Gasteiger partial charge < -0.3 is 10.1 Å². The highest BCUT2D eigenvalue weighted by molar-refractivity contribution is 14.1. The summed E-state index contributed by atoms with van der Waals surface area (Å²) in [6, 6.07) is 13.7. The summed E-state index contributed by atoms with van der Waals surface area (Å²) in [5, 5.41) is 3.73. The molecular formula is C14H13ClINO. The minimum Gasteiger partial charge on any atom is -0.455 e. The Labute approximate surface area is 125 Å². The highest BCUT2D eigenvalue weighted by Crippen LogP contribution is 2.33. The van der Waals surface area contributed by atoms with Crippen molar-refractivity contribution >= 4 is 34.2 Å². The Hall–Kier alpha value is -0.780. The first-order chi connectivity index (χ1) is 8.70. The standard InChI is InChI=1S/C14H13ClINO/c1-17-9-10-3-2-4-13(15)14(10)18-12-7-5-11(16)6-8-12/h2-8,17H,9H2,1H3. The second-order valence-corrected chi connectivity index (χ2v) is 5.47. The molecule has 0 radical (unpaired) electrons. The van der Waals surface area contributed by atoms with Crippen molar-refractivity contribution in [1.82, 2.24) is 5.32 Å². The van der Waals surface area contributed by atoms with Crippen LogP contribution < -0.4 is 10.1 Å². The van der Waals surface area contributed by atoms with E-state index < -0.39 is 0 Å². The zero-order valence-corrected chi connectivity index (χ0v) is 12.8. The number of halogens is 2. The van der Waals surface area contributed by atoms with Gasteiger partial charge in [-0.3, -0.25) is 0 Å². The van der Waals surface area contributed by atoms with Crippen molar-refractivity contribution in [3.05, 3.63) is 56.6 Å². The Balaban J connectivity index is 2.30. The molecule has 0 aliphatic rings. The lowest BCUT2D eigenvalue weighted by Crippen LogP contribution is -2.06. The molecular weight excluding hydrogens is 361 g/mol. The summed E-state index contributed by atoms with van der Waals surface area (Å²) < 4.78 is 7.05. The molecule has 1 N–H and O–H groups in total. The predicted octanol–water partition coefficient (Wildman–Crippen LogP) is 4.46. The van der Waals surface area contributed by atoms with E-state index in [9.17, 15) is 0 Å². The first kappa shape index (κ1) is 13.6. The van der Waals surface area contributed by atoms with Gasteiger partial charge >= 0.3 is 0 Å². The van der Waals surface area contributed by atoms with E-state index >= 15 is 0 Å². The molecule has 0 fully saturated rings. The molecule has 0 aliphatic carbocycles. The Bertz CT molecular complexity index is 528. The molecule has 0 amide bonds. The zero-order valence-electron chi connectivity index (χ0n) is 9.91. The largest absolute Gasteiger partial charge is 0.455 e. The third-order valence-corrected chi connectivity index (χ3v) is 3.47.